The van der Waals surface area contributed by atoms with E-state index in [2.05, 4.69) is 15.0 Å². The Balaban J connectivity index is 1.57. The topological polar surface area (TPSA) is 209 Å². The fraction of sp³-hybridized carbons (Fsp3) is 0.350. The molecule has 0 radical (unpaired) electrons. The maximum Gasteiger partial charge on any atom is 0.348 e. The van der Waals surface area contributed by atoms with Gasteiger partial charge in [0.2, 0.25) is 5.28 Å². The van der Waals surface area contributed by atoms with Gasteiger partial charge in [-0.15, -0.1) is 0 Å². The van der Waals surface area contributed by atoms with Crippen molar-refractivity contribution >= 4 is 40.5 Å². The molecule has 13 nitrogen and oxygen atoms in total. The molecule has 0 spiro atoms. The van der Waals surface area contributed by atoms with Gasteiger partial charge >= 0.3 is 11.9 Å². The SMILES string of the molecule is Nc1nc(Cl)nc2c1ncn2[C@@H]1O[C@H](COC(Cc2ccccc2)(C(=O)O)C(=O)O)[C@H](N)[C@H]1O. The van der Waals surface area contributed by atoms with E-state index in [1.54, 1.807) is 30.3 Å². The number of carboxylic acids is 2. The molecule has 3 heterocycles. The van der Waals surface area contributed by atoms with Gasteiger partial charge in [-0.1, -0.05) is 30.3 Å². The van der Waals surface area contributed by atoms with E-state index in [1.807, 2.05) is 0 Å². The molecule has 7 N–H and O–H groups in total. The van der Waals surface area contributed by atoms with Crippen LogP contribution < -0.4 is 11.5 Å². The largest absolute Gasteiger partial charge is 0.479 e. The van der Waals surface area contributed by atoms with Gasteiger partial charge in [-0.2, -0.15) is 9.97 Å². The number of nitrogen functional groups attached to an aromatic ring is 1. The van der Waals surface area contributed by atoms with Crippen molar-refractivity contribution in [3.8, 4) is 0 Å². The number of hydrogen-bond donors (Lipinski definition) is 5. The number of halogens is 1. The number of benzene rings is 1. The van der Waals surface area contributed by atoms with Gasteiger partial charge in [0, 0.05) is 6.42 Å². The first-order chi connectivity index (χ1) is 16.1. The second-order valence-electron chi connectivity index (χ2n) is 7.75. The number of carbonyl (C=O) groups is 2. The van der Waals surface area contributed by atoms with Crippen LogP contribution in [-0.2, 0) is 25.5 Å². The summed E-state index contributed by atoms with van der Waals surface area (Å²) in [6.45, 7) is -0.523. The van der Waals surface area contributed by atoms with Gasteiger partial charge < -0.3 is 36.3 Å². The van der Waals surface area contributed by atoms with Crippen LogP contribution in [0.15, 0.2) is 36.7 Å². The second-order valence-corrected chi connectivity index (χ2v) is 8.08. The molecule has 34 heavy (non-hydrogen) atoms. The minimum Gasteiger partial charge on any atom is -0.479 e. The second kappa shape index (κ2) is 9.12. The Kier molecular flexibility index (Phi) is 6.38. The van der Waals surface area contributed by atoms with E-state index in [9.17, 15) is 24.9 Å². The van der Waals surface area contributed by atoms with Crippen molar-refractivity contribution < 1.29 is 34.4 Å². The lowest BCUT2D eigenvalue weighted by atomic mass is 9.94. The van der Waals surface area contributed by atoms with Crippen LogP contribution >= 0.6 is 11.6 Å². The molecule has 0 bridgehead atoms. The summed E-state index contributed by atoms with van der Waals surface area (Å²) >= 11 is 5.88. The number of aliphatic hydroxyl groups is 1. The summed E-state index contributed by atoms with van der Waals surface area (Å²) in [6, 6.07) is 7.15. The summed E-state index contributed by atoms with van der Waals surface area (Å²) in [5.41, 5.74) is 10.2. The minimum atomic E-state index is -2.59. The summed E-state index contributed by atoms with van der Waals surface area (Å²) in [5.74, 6) is -3.34. The minimum absolute atomic E-state index is 0.0269. The highest BCUT2D eigenvalue weighted by molar-refractivity contribution is 6.28. The van der Waals surface area contributed by atoms with Crippen molar-refractivity contribution in [2.75, 3.05) is 12.3 Å². The van der Waals surface area contributed by atoms with Crippen molar-refractivity contribution in [3.05, 3.63) is 47.5 Å². The molecule has 180 valence electrons. The van der Waals surface area contributed by atoms with E-state index in [0.29, 0.717) is 5.56 Å². The quantitative estimate of drug-likeness (QED) is 0.205. The number of aliphatic carboxylic acids is 2. The Labute approximate surface area is 196 Å². The third-order valence-electron chi connectivity index (χ3n) is 5.61. The van der Waals surface area contributed by atoms with Crippen LogP contribution in [-0.4, -0.2) is 77.2 Å². The molecular weight excluding hydrogens is 472 g/mol. The highest BCUT2D eigenvalue weighted by Gasteiger charge is 2.51. The summed E-state index contributed by atoms with van der Waals surface area (Å²) in [6.07, 6.45) is -2.57. The van der Waals surface area contributed by atoms with Crippen molar-refractivity contribution in [1.29, 1.82) is 0 Å². The zero-order valence-electron chi connectivity index (χ0n) is 17.5. The first-order valence-electron chi connectivity index (χ1n) is 10.0. The molecule has 14 heteroatoms. The number of anilines is 1. The van der Waals surface area contributed by atoms with E-state index < -0.39 is 55.0 Å². The number of carboxylic acid groups (broad SMARTS) is 2. The number of nitrogens with zero attached hydrogens (tertiary/aromatic N) is 4. The van der Waals surface area contributed by atoms with Gasteiger partial charge in [0.15, 0.2) is 17.7 Å². The zero-order chi connectivity index (χ0) is 24.6. The molecule has 1 saturated heterocycles. The van der Waals surface area contributed by atoms with Gasteiger partial charge in [0.25, 0.3) is 5.60 Å². The summed E-state index contributed by atoms with van der Waals surface area (Å²) in [4.78, 5) is 36.0. The van der Waals surface area contributed by atoms with Gasteiger partial charge in [-0.25, -0.2) is 14.6 Å². The van der Waals surface area contributed by atoms with Crippen molar-refractivity contribution in [2.45, 2.75) is 36.5 Å². The molecule has 1 aliphatic heterocycles. The lowest BCUT2D eigenvalue weighted by Gasteiger charge is -2.27. The fourth-order valence-electron chi connectivity index (χ4n) is 3.76. The molecule has 0 saturated carbocycles. The average Bonchev–Trinajstić information content (AvgIpc) is 3.33. The number of fused-ring (bicyclic) bond motifs is 1. The number of imidazole rings is 1. The lowest BCUT2D eigenvalue weighted by molar-refractivity contribution is -0.188. The molecule has 0 amide bonds. The van der Waals surface area contributed by atoms with Crippen LogP contribution in [0, 0.1) is 0 Å². The molecular formula is C20H21ClN6O7. The Morgan fingerprint density at radius 3 is 2.53 bits per heavy atom. The predicted octanol–water partition coefficient (Wildman–Crippen LogP) is -0.185. The summed E-state index contributed by atoms with van der Waals surface area (Å²) in [5, 5.41) is 30.0. The molecule has 0 unspecified atom stereocenters. The third-order valence-corrected chi connectivity index (χ3v) is 5.78. The average molecular weight is 493 g/mol. The Bertz CT molecular complexity index is 1210. The number of rotatable bonds is 8. The van der Waals surface area contributed by atoms with E-state index in [1.165, 1.54) is 10.9 Å². The first-order valence-corrected chi connectivity index (χ1v) is 10.4. The summed E-state index contributed by atoms with van der Waals surface area (Å²) in [7, 11) is 0. The van der Waals surface area contributed by atoms with E-state index in [0.717, 1.165) is 0 Å². The number of hydrogen-bond acceptors (Lipinski definition) is 10. The van der Waals surface area contributed by atoms with Crippen LogP contribution in [0.4, 0.5) is 5.82 Å². The molecule has 4 rings (SSSR count). The van der Waals surface area contributed by atoms with E-state index in [4.69, 9.17) is 32.5 Å². The van der Waals surface area contributed by atoms with Crippen LogP contribution in [0.25, 0.3) is 11.2 Å². The monoisotopic (exact) mass is 492 g/mol. The standard InChI is InChI=1S/C20H21ClN6O7/c21-19-25-14(23)12-15(26-19)27(8-24-12)16-13(28)11(22)10(34-16)7-33-20(17(29)30,18(31)32)6-9-4-2-1-3-5-9/h1-5,8,10-11,13,16,28H,6-7,22H2,(H,29,30)(H,31,32)(H2,23,25,26)/t10-,11+,13-,16-/m1/s1. The number of nitrogens with two attached hydrogens (primary N) is 2. The van der Waals surface area contributed by atoms with Crippen LogP contribution in [0.2, 0.25) is 5.28 Å². The Hall–Kier alpha value is -3.36. The van der Waals surface area contributed by atoms with Gasteiger partial charge in [-0.05, 0) is 17.2 Å². The Morgan fingerprint density at radius 1 is 1.21 bits per heavy atom. The van der Waals surface area contributed by atoms with Crippen LogP contribution in [0.3, 0.4) is 0 Å². The number of ether oxygens (including phenoxy) is 2. The molecule has 3 aromatic rings. The van der Waals surface area contributed by atoms with E-state index >= 15 is 0 Å². The van der Waals surface area contributed by atoms with Crippen molar-refractivity contribution in [2.24, 2.45) is 5.73 Å². The molecule has 1 fully saturated rings. The number of aliphatic hydroxyl groups excluding tert-OH is 1. The molecule has 0 aliphatic carbocycles. The number of aromatic nitrogens is 4. The molecule has 1 aromatic carbocycles. The fourth-order valence-corrected chi connectivity index (χ4v) is 3.93. The van der Waals surface area contributed by atoms with Gasteiger partial charge in [-0.3, -0.25) is 4.57 Å². The smallest absolute Gasteiger partial charge is 0.348 e. The van der Waals surface area contributed by atoms with Crippen LogP contribution in [0.1, 0.15) is 11.8 Å². The maximum absolute atomic E-state index is 12.0. The normalized spacial score (nSPS) is 22.8. The molecule has 1 aliphatic rings. The van der Waals surface area contributed by atoms with Crippen LogP contribution in [0.5, 0.6) is 0 Å². The maximum atomic E-state index is 12.0. The van der Waals surface area contributed by atoms with E-state index in [-0.39, 0.29) is 22.3 Å². The summed E-state index contributed by atoms with van der Waals surface area (Å²) < 4.78 is 12.6. The lowest BCUT2D eigenvalue weighted by Crippen LogP contribution is -2.53. The van der Waals surface area contributed by atoms with Gasteiger partial charge in [0.05, 0.1) is 19.0 Å². The zero-order valence-corrected chi connectivity index (χ0v) is 18.2. The molecule has 4 atom stereocenters. The third kappa shape index (κ3) is 4.15. The van der Waals surface area contributed by atoms with Crippen molar-refractivity contribution in [3.63, 3.8) is 0 Å². The Morgan fingerprint density at radius 2 is 1.88 bits per heavy atom. The van der Waals surface area contributed by atoms with Gasteiger partial charge in [0.1, 0.15) is 17.7 Å². The molecule has 2 aromatic heterocycles. The predicted molar refractivity (Wildman–Crippen MR) is 117 cm³/mol. The highest BCUT2D eigenvalue weighted by atomic mass is 35.5. The van der Waals surface area contributed by atoms with Crippen molar-refractivity contribution in [1.82, 2.24) is 19.5 Å². The first kappa shape index (κ1) is 23.8. The highest BCUT2D eigenvalue weighted by Crippen LogP contribution is 2.33.